The summed E-state index contributed by atoms with van der Waals surface area (Å²) in [7, 11) is 0. The van der Waals surface area contributed by atoms with Crippen molar-refractivity contribution in [1.29, 1.82) is 0 Å². The van der Waals surface area contributed by atoms with Crippen LogP contribution in [0.5, 0.6) is 0 Å². The maximum Gasteiger partial charge on any atom is 0.224 e. The SMILES string of the molecule is Nc1ccc(F)cc1NC(=O)CCCCCC(=O)Nc1cc(-c2cccnc2)cs1. The second kappa shape index (κ2) is 10.5. The van der Waals surface area contributed by atoms with Crippen LogP contribution in [0.4, 0.5) is 20.8 Å². The molecule has 0 saturated carbocycles. The molecular weight excluding hydrogens is 403 g/mol. The molecule has 0 fully saturated rings. The third-order valence-corrected chi connectivity index (χ3v) is 5.30. The molecule has 0 aliphatic rings. The van der Waals surface area contributed by atoms with Gasteiger partial charge >= 0.3 is 0 Å². The Morgan fingerprint density at radius 3 is 2.50 bits per heavy atom. The Morgan fingerprint density at radius 2 is 1.77 bits per heavy atom. The lowest BCUT2D eigenvalue weighted by Crippen LogP contribution is -2.13. The first kappa shape index (κ1) is 21.4. The molecule has 0 aliphatic carbocycles. The molecule has 0 bridgehead atoms. The highest BCUT2D eigenvalue weighted by molar-refractivity contribution is 7.14. The predicted molar refractivity (Wildman–Crippen MR) is 119 cm³/mol. The number of carbonyl (C=O) groups excluding carboxylic acids is 2. The van der Waals surface area contributed by atoms with Gasteiger partial charge in [-0.15, -0.1) is 11.3 Å². The molecule has 0 atom stereocenters. The van der Waals surface area contributed by atoms with Crippen LogP contribution in [-0.4, -0.2) is 16.8 Å². The number of benzene rings is 1. The average molecular weight is 427 g/mol. The third kappa shape index (κ3) is 6.38. The molecule has 2 aromatic heterocycles. The number of amides is 2. The van der Waals surface area contributed by atoms with Crippen LogP contribution in [0.15, 0.2) is 54.2 Å². The fourth-order valence-corrected chi connectivity index (χ4v) is 3.71. The standard InChI is InChI=1S/C22H23FN4O2S/c23-17-8-9-18(24)19(12-17)26-20(28)6-2-1-3-7-21(29)27-22-11-16(14-30-22)15-5-4-10-25-13-15/h4-5,8-14H,1-3,6-7,24H2,(H,26,28)(H,27,29). The highest BCUT2D eigenvalue weighted by Gasteiger charge is 2.09. The monoisotopic (exact) mass is 426 g/mol. The van der Waals surface area contributed by atoms with E-state index in [9.17, 15) is 14.0 Å². The van der Waals surface area contributed by atoms with Gasteiger partial charge in [0.15, 0.2) is 0 Å². The van der Waals surface area contributed by atoms with Crippen LogP contribution in [0.3, 0.4) is 0 Å². The number of carbonyl (C=O) groups is 2. The fraction of sp³-hybridized carbons (Fsp3) is 0.227. The van der Waals surface area contributed by atoms with Gasteiger partial charge in [0.2, 0.25) is 11.8 Å². The summed E-state index contributed by atoms with van der Waals surface area (Å²) in [4.78, 5) is 28.2. The lowest BCUT2D eigenvalue weighted by atomic mass is 10.1. The molecule has 156 valence electrons. The number of halogens is 1. The molecule has 1 aromatic carbocycles. The number of unbranched alkanes of at least 4 members (excludes halogenated alkanes) is 2. The Hall–Kier alpha value is -3.26. The molecule has 0 unspecified atom stereocenters. The van der Waals surface area contributed by atoms with Gasteiger partial charge in [-0.2, -0.15) is 0 Å². The van der Waals surface area contributed by atoms with Crippen molar-refractivity contribution >= 4 is 39.5 Å². The fourth-order valence-electron chi connectivity index (χ4n) is 2.88. The highest BCUT2D eigenvalue weighted by atomic mass is 32.1. The summed E-state index contributed by atoms with van der Waals surface area (Å²) in [5.74, 6) is -0.728. The third-order valence-electron chi connectivity index (χ3n) is 4.45. The number of pyridine rings is 1. The number of rotatable bonds is 9. The van der Waals surface area contributed by atoms with Crippen LogP contribution in [0.2, 0.25) is 0 Å². The van der Waals surface area contributed by atoms with E-state index in [1.54, 1.807) is 12.4 Å². The van der Waals surface area contributed by atoms with Crippen molar-refractivity contribution < 1.29 is 14.0 Å². The molecule has 3 rings (SSSR count). The van der Waals surface area contributed by atoms with Crippen molar-refractivity contribution in [2.45, 2.75) is 32.1 Å². The molecule has 2 heterocycles. The number of aromatic nitrogens is 1. The number of hydrogen-bond acceptors (Lipinski definition) is 5. The molecule has 0 saturated heterocycles. The summed E-state index contributed by atoms with van der Waals surface area (Å²) >= 11 is 1.47. The van der Waals surface area contributed by atoms with Crippen molar-refractivity contribution in [2.75, 3.05) is 16.4 Å². The minimum Gasteiger partial charge on any atom is -0.397 e. The van der Waals surface area contributed by atoms with Gasteiger partial charge in [-0.05, 0) is 48.7 Å². The average Bonchev–Trinajstić information content (AvgIpc) is 3.19. The first-order valence-electron chi connectivity index (χ1n) is 9.65. The lowest BCUT2D eigenvalue weighted by Gasteiger charge is -2.08. The van der Waals surface area contributed by atoms with Crippen molar-refractivity contribution in [2.24, 2.45) is 0 Å². The van der Waals surface area contributed by atoms with Crippen LogP contribution in [0.1, 0.15) is 32.1 Å². The summed E-state index contributed by atoms with van der Waals surface area (Å²) in [6.07, 6.45) is 6.24. The maximum absolute atomic E-state index is 13.2. The zero-order valence-electron chi connectivity index (χ0n) is 16.4. The van der Waals surface area contributed by atoms with Crippen LogP contribution in [0, 0.1) is 5.82 Å². The van der Waals surface area contributed by atoms with E-state index < -0.39 is 5.82 Å². The number of nitrogens with two attached hydrogens (primary N) is 1. The van der Waals surface area contributed by atoms with Gasteiger partial charge in [0.05, 0.1) is 16.4 Å². The molecule has 30 heavy (non-hydrogen) atoms. The van der Waals surface area contributed by atoms with Crippen molar-refractivity contribution in [1.82, 2.24) is 4.98 Å². The van der Waals surface area contributed by atoms with Crippen LogP contribution in [-0.2, 0) is 9.59 Å². The molecule has 0 aliphatic heterocycles. The number of anilines is 3. The van der Waals surface area contributed by atoms with Crippen LogP contribution >= 0.6 is 11.3 Å². The zero-order chi connectivity index (χ0) is 21.3. The molecule has 2 amide bonds. The summed E-state index contributed by atoms with van der Waals surface area (Å²) in [5, 5.41) is 8.30. The Labute approximate surface area is 178 Å². The normalized spacial score (nSPS) is 10.6. The van der Waals surface area contributed by atoms with E-state index in [-0.39, 0.29) is 23.9 Å². The number of nitrogen functional groups attached to an aromatic ring is 1. The van der Waals surface area contributed by atoms with E-state index in [1.807, 2.05) is 23.6 Å². The van der Waals surface area contributed by atoms with Gasteiger partial charge in [0.1, 0.15) is 5.82 Å². The molecule has 3 aromatic rings. The maximum atomic E-state index is 13.2. The molecular formula is C22H23FN4O2S. The minimum atomic E-state index is -0.455. The van der Waals surface area contributed by atoms with Gasteiger partial charge in [0.25, 0.3) is 0 Å². The van der Waals surface area contributed by atoms with Gasteiger partial charge in [0, 0.05) is 36.2 Å². The number of hydrogen-bond donors (Lipinski definition) is 3. The predicted octanol–water partition coefficient (Wildman–Crippen LogP) is 5.06. The summed E-state index contributed by atoms with van der Waals surface area (Å²) < 4.78 is 13.2. The van der Waals surface area contributed by atoms with E-state index >= 15 is 0 Å². The molecule has 8 heteroatoms. The first-order chi connectivity index (χ1) is 14.5. The van der Waals surface area contributed by atoms with Crippen LogP contribution in [0.25, 0.3) is 11.1 Å². The van der Waals surface area contributed by atoms with Crippen molar-refractivity contribution in [3.8, 4) is 11.1 Å². The van der Waals surface area contributed by atoms with E-state index in [2.05, 4.69) is 15.6 Å². The molecule has 0 radical (unpaired) electrons. The van der Waals surface area contributed by atoms with Gasteiger partial charge in [-0.25, -0.2) is 4.39 Å². The quantitative estimate of drug-likeness (QED) is 0.329. The Bertz CT molecular complexity index is 1010. The zero-order valence-corrected chi connectivity index (χ0v) is 17.2. The smallest absolute Gasteiger partial charge is 0.224 e. The summed E-state index contributed by atoms with van der Waals surface area (Å²) in [6.45, 7) is 0. The summed E-state index contributed by atoms with van der Waals surface area (Å²) in [5.41, 5.74) is 8.35. The van der Waals surface area contributed by atoms with E-state index in [0.717, 1.165) is 22.5 Å². The van der Waals surface area contributed by atoms with Crippen molar-refractivity contribution in [3.63, 3.8) is 0 Å². The first-order valence-corrected chi connectivity index (χ1v) is 10.5. The second-order valence-electron chi connectivity index (χ2n) is 6.83. The highest BCUT2D eigenvalue weighted by Crippen LogP contribution is 2.28. The summed E-state index contributed by atoms with van der Waals surface area (Å²) in [6, 6.07) is 9.63. The Balaban J connectivity index is 1.34. The van der Waals surface area contributed by atoms with Crippen molar-refractivity contribution in [3.05, 3.63) is 60.0 Å². The lowest BCUT2D eigenvalue weighted by molar-refractivity contribution is -0.116. The van der Waals surface area contributed by atoms with Crippen LogP contribution < -0.4 is 16.4 Å². The topological polar surface area (TPSA) is 97.1 Å². The van der Waals surface area contributed by atoms with Gasteiger partial charge in [-0.3, -0.25) is 14.6 Å². The van der Waals surface area contributed by atoms with E-state index in [1.165, 1.54) is 29.5 Å². The molecule has 4 N–H and O–H groups in total. The largest absolute Gasteiger partial charge is 0.397 e. The van der Waals surface area contributed by atoms with Gasteiger partial charge in [-0.1, -0.05) is 12.5 Å². The minimum absolute atomic E-state index is 0.0495. The number of thiophene rings is 1. The van der Waals surface area contributed by atoms with Gasteiger partial charge < -0.3 is 16.4 Å². The molecule has 0 spiro atoms. The Kier molecular flexibility index (Phi) is 7.51. The Morgan fingerprint density at radius 1 is 1.00 bits per heavy atom. The second-order valence-corrected chi connectivity index (χ2v) is 7.74. The number of nitrogens with one attached hydrogen (secondary N) is 2. The van der Waals surface area contributed by atoms with E-state index in [0.29, 0.717) is 24.9 Å². The van der Waals surface area contributed by atoms with E-state index in [4.69, 9.17) is 5.73 Å². The number of nitrogens with zero attached hydrogens (tertiary/aromatic N) is 1. The molecule has 6 nitrogen and oxygen atoms in total.